The summed E-state index contributed by atoms with van der Waals surface area (Å²) in [5.74, 6) is 2.08. The van der Waals surface area contributed by atoms with Crippen LogP contribution in [0.1, 0.15) is 12.0 Å². The second-order valence-corrected chi connectivity index (χ2v) is 6.39. The van der Waals surface area contributed by atoms with E-state index in [1.807, 2.05) is 16.7 Å². The van der Waals surface area contributed by atoms with Crippen molar-refractivity contribution in [2.45, 2.75) is 23.9 Å². The zero-order valence-electron chi connectivity index (χ0n) is 12.8. The van der Waals surface area contributed by atoms with Crippen LogP contribution in [-0.2, 0) is 17.0 Å². The van der Waals surface area contributed by atoms with Crippen molar-refractivity contribution >= 4 is 23.4 Å². The molecule has 1 aromatic carbocycles. The van der Waals surface area contributed by atoms with Crippen LogP contribution >= 0.6 is 23.4 Å². The van der Waals surface area contributed by atoms with E-state index in [2.05, 4.69) is 10.2 Å². The van der Waals surface area contributed by atoms with Gasteiger partial charge in [0.15, 0.2) is 16.7 Å². The molecule has 0 radical (unpaired) electrons. The van der Waals surface area contributed by atoms with Crippen molar-refractivity contribution in [2.24, 2.45) is 0 Å². The maximum Gasteiger partial charge on any atom is 0.191 e. The minimum Gasteiger partial charge on any atom is -0.489 e. The predicted octanol–water partition coefficient (Wildman–Crippen LogP) is 3.03. The molecule has 0 amide bonds. The van der Waals surface area contributed by atoms with Crippen LogP contribution in [0.15, 0.2) is 23.6 Å². The number of ether oxygens (including phenoxy) is 3. The molecule has 6 nitrogen and oxygen atoms in total. The lowest BCUT2D eigenvalue weighted by molar-refractivity contribution is 0.184. The van der Waals surface area contributed by atoms with Crippen LogP contribution in [0.2, 0.25) is 5.02 Å². The van der Waals surface area contributed by atoms with Gasteiger partial charge in [-0.15, -0.1) is 10.2 Å². The first-order valence-corrected chi connectivity index (χ1v) is 8.72. The number of fused-ring (bicyclic) bond motifs is 1. The smallest absolute Gasteiger partial charge is 0.191 e. The van der Waals surface area contributed by atoms with Crippen LogP contribution in [0.25, 0.3) is 0 Å². The molecule has 0 aliphatic carbocycles. The van der Waals surface area contributed by atoms with Gasteiger partial charge in [-0.25, -0.2) is 0 Å². The average molecular weight is 356 g/mol. The van der Waals surface area contributed by atoms with Gasteiger partial charge in [-0.05, 0) is 17.7 Å². The van der Waals surface area contributed by atoms with Gasteiger partial charge in [-0.3, -0.25) is 0 Å². The third kappa shape index (κ3) is 4.10. The Hall–Kier alpha value is -1.44. The highest BCUT2D eigenvalue weighted by Gasteiger charge is 2.16. The second-order valence-electron chi connectivity index (χ2n) is 5.04. The van der Waals surface area contributed by atoms with E-state index in [0.29, 0.717) is 36.3 Å². The molecule has 0 saturated heterocycles. The molecule has 1 aliphatic heterocycles. The monoisotopic (exact) mass is 355 g/mol. The number of hydrogen-bond donors (Lipinski definition) is 0. The van der Waals surface area contributed by atoms with Gasteiger partial charge in [-0.2, -0.15) is 0 Å². The van der Waals surface area contributed by atoms with Gasteiger partial charge in [0, 0.05) is 25.8 Å². The number of methoxy groups -OCH3 is 1. The molecule has 0 atom stereocenters. The number of thioether (sulfide) groups is 1. The topological polar surface area (TPSA) is 58.4 Å². The van der Waals surface area contributed by atoms with Crippen LogP contribution in [-0.4, -0.2) is 41.7 Å². The highest BCUT2D eigenvalue weighted by Crippen LogP contribution is 2.39. The number of rotatable bonds is 6. The fraction of sp³-hybridized carbons (Fsp3) is 0.467. The van der Waals surface area contributed by atoms with Crippen molar-refractivity contribution in [1.29, 1.82) is 0 Å². The lowest BCUT2D eigenvalue weighted by atomic mass is 10.2. The first-order valence-electron chi connectivity index (χ1n) is 7.35. The van der Waals surface area contributed by atoms with Gasteiger partial charge in [0.1, 0.15) is 6.33 Å². The highest BCUT2D eigenvalue weighted by atomic mass is 35.5. The molecule has 2 heterocycles. The molecular formula is C15H18ClN3O3S. The molecule has 3 rings (SSSR count). The van der Waals surface area contributed by atoms with E-state index in [1.165, 1.54) is 0 Å². The van der Waals surface area contributed by atoms with Crippen molar-refractivity contribution in [3.05, 3.63) is 29.0 Å². The summed E-state index contributed by atoms with van der Waals surface area (Å²) in [4.78, 5) is 0. The third-order valence-corrected chi connectivity index (χ3v) is 4.68. The fourth-order valence-electron chi connectivity index (χ4n) is 2.21. The Kier molecular flexibility index (Phi) is 5.64. The normalized spacial score (nSPS) is 13.8. The molecule has 8 heteroatoms. The van der Waals surface area contributed by atoms with Gasteiger partial charge < -0.3 is 18.8 Å². The maximum absolute atomic E-state index is 6.32. The minimum atomic E-state index is 0.584. The first kappa shape index (κ1) is 16.4. The van der Waals surface area contributed by atoms with Crippen molar-refractivity contribution in [3.8, 4) is 11.5 Å². The summed E-state index contributed by atoms with van der Waals surface area (Å²) in [7, 11) is 1.68. The number of nitrogens with zero attached hydrogens (tertiary/aromatic N) is 3. The Bertz CT molecular complexity index is 665. The summed E-state index contributed by atoms with van der Waals surface area (Å²) in [5.41, 5.74) is 1.06. The van der Waals surface area contributed by atoms with Crippen LogP contribution < -0.4 is 9.47 Å². The maximum atomic E-state index is 6.32. The molecule has 1 aliphatic rings. The summed E-state index contributed by atoms with van der Waals surface area (Å²) < 4.78 is 18.4. The van der Waals surface area contributed by atoms with Crippen LogP contribution in [0.4, 0.5) is 0 Å². The third-order valence-electron chi connectivity index (χ3n) is 3.35. The zero-order chi connectivity index (χ0) is 16.1. The van der Waals surface area contributed by atoms with E-state index < -0.39 is 0 Å². The molecule has 0 unspecified atom stereocenters. The van der Waals surface area contributed by atoms with Crippen LogP contribution in [0, 0.1) is 0 Å². The minimum absolute atomic E-state index is 0.584. The molecule has 124 valence electrons. The molecule has 0 saturated carbocycles. The summed E-state index contributed by atoms with van der Waals surface area (Å²) in [6, 6.07) is 3.90. The SMILES string of the molecule is COCCn1cnnc1SCc1cc(Cl)c2c(c1)OCCCO2. The number of halogens is 1. The Balaban J connectivity index is 1.70. The van der Waals surface area contributed by atoms with E-state index in [1.54, 1.807) is 25.2 Å². The van der Waals surface area contributed by atoms with E-state index in [0.717, 1.165) is 29.4 Å². The van der Waals surface area contributed by atoms with Crippen molar-refractivity contribution in [2.75, 3.05) is 26.9 Å². The van der Waals surface area contributed by atoms with Crippen molar-refractivity contribution in [3.63, 3.8) is 0 Å². The molecule has 23 heavy (non-hydrogen) atoms. The summed E-state index contributed by atoms with van der Waals surface area (Å²) in [5, 5.41) is 9.53. The van der Waals surface area contributed by atoms with Gasteiger partial charge in [0.05, 0.1) is 24.8 Å². The molecule has 1 aromatic heterocycles. The van der Waals surface area contributed by atoms with Gasteiger partial charge in [-0.1, -0.05) is 23.4 Å². The molecule has 0 N–H and O–H groups in total. The van der Waals surface area contributed by atoms with Crippen LogP contribution in [0.3, 0.4) is 0 Å². The lowest BCUT2D eigenvalue weighted by Crippen LogP contribution is -2.04. The molecule has 0 fully saturated rings. The number of hydrogen-bond acceptors (Lipinski definition) is 6. The summed E-state index contributed by atoms with van der Waals surface area (Å²) in [6.45, 7) is 2.63. The first-order chi connectivity index (χ1) is 11.3. The standard InChI is InChI=1S/C15H18ClN3O3S/c1-20-6-3-19-10-17-18-15(19)23-9-11-7-12(16)14-13(8-11)21-4-2-5-22-14/h7-8,10H,2-6,9H2,1H3. The van der Waals surface area contributed by atoms with Crippen molar-refractivity contribution < 1.29 is 14.2 Å². The Labute approximate surface area is 144 Å². The quantitative estimate of drug-likeness (QED) is 0.742. The zero-order valence-corrected chi connectivity index (χ0v) is 14.4. The predicted molar refractivity (Wildman–Crippen MR) is 88.5 cm³/mol. The average Bonchev–Trinajstić information content (AvgIpc) is 2.85. The van der Waals surface area contributed by atoms with E-state index in [4.69, 9.17) is 25.8 Å². The van der Waals surface area contributed by atoms with Gasteiger partial charge >= 0.3 is 0 Å². The molecule has 0 spiro atoms. The van der Waals surface area contributed by atoms with E-state index in [9.17, 15) is 0 Å². The molecule has 2 aromatic rings. The Morgan fingerprint density at radius 3 is 3.09 bits per heavy atom. The molecular weight excluding hydrogens is 338 g/mol. The Morgan fingerprint density at radius 1 is 1.35 bits per heavy atom. The lowest BCUT2D eigenvalue weighted by Gasteiger charge is -2.11. The second kappa shape index (κ2) is 7.90. The number of aromatic nitrogens is 3. The van der Waals surface area contributed by atoms with E-state index >= 15 is 0 Å². The summed E-state index contributed by atoms with van der Waals surface area (Å²) in [6.07, 6.45) is 2.57. The fourth-order valence-corrected chi connectivity index (χ4v) is 3.37. The number of benzene rings is 1. The molecule has 0 bridgehead atoms. The van der Waals surface area contributed by atoms with Gasteiger partial charge in [0.2, 0.25) is 0 Å². The van der Waals surface area contributed by atoms with E-state index in [-0.39, 0.29) is 0 Å². The largest absolute Gasteiger partial charge is 0.489 e. The summed E-state index contributed by atoms with van der Waals surface area (Å²) >= 11 is 7.92. The van der Waals surface area contributed by atoms with Crippen LogP contribution in [0.5, 0.6) is 11.5 Å². The highest BCUT2D eigenvalue weighted by molar-refractivity contribution is 7.98. The Morgan fingerprint density at radius 2 is 2.22 bits per heavy atom. The van der Waals surface area contributed by atoms with Gasteiger partial charge in [0.25, 0.3) is 0 Å². The van der Waals surface area contributed by atoms with Crippen molar-refractivity contribution in [1.82, 2.24) is 14.8 Å².